The summed E-state index contributed by atoms with van der Waals surface area (Å²) in [4.78, 5) is 23.2. The first kappa shape index (κ1) is 26.9. The van der Waals surface area contributed by atoms with Crippen LogP contribution >= 0.6 is 0 Å². The van der Waals surface area contributed by atoms with Gasteiger partial charge in [-0.3, -0.25) is 15.1 Å². The number of amides is 1. The van der Waals surface area contributed by atoms with E-state index < -0.39 is 5.92 Å². The van der Waals surface area contributed by atoms with Gasteiger partial charge < -0.3 is 14.6 Å². The van der Waals surface area contributed by atoms with Crippen LogP contribution < -0.4 is 15.4 Å². The van der Waals surface area contributed by atoms with E-state index in [1.165, 1.54) is 12.8 Å². The Morgan fingerprint density at radius 3 is 2.74 bits per heavy atom. The largest absolute Gasteiger partial charge is 0.477 e. The molecule has 2 bridgehead atoms. The number of fused-ring (bicyclic) bond motifs is 7. The number of halogens is 2. The summed E-state index contributed by atoms with van der Waals surface area (Å²) in [5.41, 5.74) is 4.91. The molecule has 1 aromatic carbocycles. The molecule has 220 valence electrons. The number of carbonyl (C=O) groups is 1. The Bertz CT molecular complexity index is 1660. The number of hydrogen-bond acceptors (Lipinski definition) is 6. The number of nitrogens with one attached hydrogen (secondary N) is 2. The van der Waals surface area contributed by atoms with Gasteiger partial charge in [0.05, 0.1) is 35.1 Å². The van der Waals surface area contributed by atoms with Gasteiger partial charge in [-0.2, -0.15) is 5.10 Å². The molecule has 3 aromatic heterocycles. The maximum absolute atomic E-state index is 13.8. The number of carbonyl (C=O) groups excluding carboxylic acids is 1. The first-order valence-electron chi connectivity index (χ1n) is 14.8. The van der Waals surface area contributed by atoms with Crippen LogP contribution in [-0.4, -0.2) is 48.8 Å². The summed E-state index contributed by atoms with van der Waals surface area (Å²) in [6, 6.07) is 9.04. The van der Waals surface area contributed by atoms with Crippen LogP contribution in [-0.2, 0) is 13.6 Å². The summed E-state index contributed by atoms with van der Waals surface area (Å²) in [5, 5.41) is 10.7. The molecule has 7 rings (SSSR count). The molecule has 2 N–H and O–H groups in total. The molecular weight excluding hydrogens is 540 g/mol. The Balaban J connectivity index is 1.26. The van der Waals surface area contributed by atoms with E-state index in [2.05, 4.69) is 25.3 Å². The molecule has 2 atom stereocenters. The van der Waals surface area contributed by atoms with Crippen molar-refractivity contribution in [1.82, 2.24) is 24.3 Å². The summed E-state index contributed by atoms with van der Waals surface area (Å²) in [6.45, 7) is 3.13. The second-order valence-electron chi connectivity index (χ2n) is 12.1. The van der Waals surface area contributed by atoms with Crippen molar-refractivity contribution >= 4 is 28.6 Å². The zero-order valence-corrected chi connectivity index (χ0v) is 23.9. The number of benzene rings is 1. The van der Waals surface area contributed by atoms with Crippen LogP contribution in [0.5, 0.6) is 5.88 Å². The normalized spacial score (nSPS) is 22.4. The van der Waals surface area contributed by atoms with Crippen molar-refractivity contribution in [2.75, 3.05) is 17.2 Å². The van der Waals surface area contributed by atoms with Crippen molar-refractivity contribution in [2.24, 2.45) is 18.9 Å². The second-order valence-corrected chi connectivity index (χ2v) is 12.1. The molecule has 11 heteroatoms. The average Bonchev–Trinajstić information content (AvgIpc) is 3.54. The molecule has 2 fully saturated rings. The molecule has 2 aliphatic carbocycles. The van der Waals surface area contributed by atoms with E-state index in [0.29, 0.717) is 59.2 Å². The third-order valence-corrected chi connectivity index (χ3v) is 8.79. The summed E-state index contributed by atoms with van der Waals surface area (Å²) in [6.07, 6.45) is 6.15. The van der Waals surface area contributed by atoms with Crippen molar-refractivity contribution in [3.63, 3.8) is 0 Å². The number of imidazole rings is 1. The zero-order valence-electron chi connectivity index (χ0n) is 23.9. The number of rotatable bonds is 3. The van der Waals surface area contributed by atoms with Gasteiger partial charge in [-0.1, -0.05) is 0 Å². The number of aromatic nitrogens is 5. The lowest BCUT2D eigenvalue weighted by Gasteiger charge is -2.20. The van der Waals surface area contributed by atoms with Crippen LogP contribution in [0.3, 0.4) is 0 Å². The molecule has 0 saturated heterocycles. The van der Waals surface area contributed by atoms with Gasteiger partial charge >= 0.3 is 0 Å². The lowest BCUT2D eigenvalue weighted by molar-refractivity contribution is 0.00852. The minimum absolute atomic E-state index is 0.0936. The first-order valence-corrected chi connectivity index (χ1v) is 14.8. The van der Waals surface area contributed by atoms with Crippen molar-refractivity contribution < 1.29 is 18.3 Å². The second kappa shape index (κ2) is 10.4. The van der Waals surface area contributed by atoms with Crippen molar-refractivity contribution in [3.05, 3.63) is 47.8 Å². The maximum Gasteiger partial charge on any atom is 0.258 e. The highest BCUT2D eigenvalue weighted by Crippen LogP contribution is 2.42. The van der Waals surface area contributed by atoms with E-state index in [1.807, 2.05) is 32.2 Å². The Morgan fingerprint density at radius 1 is 1.10 bits per heavy atom. The van der Waals surface area contributed by atoms with Gasteiger partial charge in [0.1, 0.15) is 0 Å². The van der Waals surface area contributed by atoms with E-state index in [1.54, 1.807) is 23.0 Å². The molecule has 9 nitrogen and oxygen atoms in total. The molecule has 4 aromatic rings. The number of nitrogens with zero attached hydrogens (tertiary/aromatic N) is 5. The van der Waals surface area contributed by atoms with Crippen LogP contribution in [0, 0.1) is 18.8 Å². The lowest BCUT2D eigenvalue weighted by Crippen LogP contribution is -2.20. The molecular formula is C31H35F2N7O2. The number of aryl methyl sites for hydroxylation is 2. The van der Waals surface area contributed by atoms with Crippen molar-refractivity contribution in [3.8, 4) is 17.1 Å². The monoisotopic (exact) mass is 575 g/mol. The summed E-state index contributed by atoms with van der Waals surface area (Å²) >= 11 is 0. The predicted octanol–water partition coefficient (Wildman–Crippen LogP) is 6.19. The number of hydrogen-bond donors (Lipinski definition) is 2. The highest BCUT2D eigenvalue weighted by Gasteiger charge is 2.39. The highest BCUT2D eigenvalue weighted by molar-refractivity contribution is 6.05. The third kappa shape index (κ3) is 5.32. The van der Waals surface area contributed by atoms with Crippen LogP contribution in [0.4, 0.5) is 20.4 Å². The van der Waals surface area contributed by atoms with Crippen molar-refractivity contribution in [1.29, 1.82) is 0 Å². The molecule has 1 aliphatic heterocycles. The Morgan fingerprint density at radius 2 is 1.95 bits per heavy atom. The first-order chi connectivity index (χ1) is 20.2. The molecule has 42 heavy (non-hydrogen) atoms. The van der Waals surface area contributed by atoms with Crippen molar-refractivity contribution in [2.45, 2.75) is 70.4 Å². The van der Waals surface area contributed by atoms with E-state index in [9.17, 15) is 13.6 Å². The lowest BCUT2D eigenvalue weighted by atomic mass is 9.97. The number of anilines is 2. The Labute approximate surface area is 242 Å². The SMILES string of the molecule is Cc1cc2cc(n1)-c1cnn(C)c1OCCCC(C1CC1)Cn1c(nc3cc(NC4CCC(F)(F)C4)ccc31)NC2=O. The smallest absolute Gasteiger partial charge is 0.258 e. The Hall–Kier alpha value is -4.02. The fourth-order valence-corrected chi connectivity index (χ4v) is 6.49. The number of pyridine rings is 1. The third-order valence-electron chi connectivity index (χ3n) is 8.79. The molecule has 3 aliphatic rings. The summed E-state index contributed by atoms with van der Waals surface area (Å²) in [7, 11) is 1.84. The summed E-state index contributed by atoms with van der Waals surface area (Å²) in [5.74, 6) is -0.749. The van der Waals surface area contributed by atoms with E-state index >= 15 is 0 Å². The minimum atomic E-state index is -2.62. The van der Waals surface area contributed by atoms with Gasteiger partial charge in [0.15, 0.2) is 0 Å². The quantitative estimate of drug-likeness (QED) is 0.302. The zero-order chi connectivity index (χ0) is 29.0. The minimum Gasteiger partial charge on any atom is -0.477 e. The molecule has 1 amide bonds. The van der Waals surface area contributed by atoms with Crippen LogP contribution in [0.2, 0.25) is 0 Å². The van der Waals surface area contributed by atoms with Gasteiger partial charge in [0.2, 0.25) is 17.8 Å². The molecule has 4 heterocycles. The maximum atomic E-state index is 13.8. The molecule has 2 unspecified atom stereocenters. The van der Waals surface area contributed by atoms with Crippen LogP contribution in [0.15, 0.2) is 36.5 Å². The van der Waals surface area contributed by atoms with Crippen LogP contribution in [0.1, 0.15) is 61.0 Å². The average molecular weight is 576 g/mol. The van der Waals surface area contributed by atoms with E-state index in [0.717, 1.165) is 36.2 Å². The van der Waals surface area contributed by atoms with Gasteiger partial charge in [-0.25, -0.2) is 18.4 Å². The van der Waals surface area contributed by atoms with Gasteiger partial charge in [-0.15, -0.1) is 0 Å². The van der Waals surface area contributed by atoms with Crippen LogP contribution in [0.25, 0.3) is 22.3 Å². The topological polar surface area (TPSA) is 98.9 Å². The van der Waals surface area contributed by atoms with Gasteiger partial charge in [-0.05, 0) is 81.2 Å². The molecule has 2 saturated carbocycles. The standard InChI is InChI=1S/C31H35F2N7O2/c1-18-12-21-13-25(35-18)24-16-34-39(2)29(24)42-11-3-4-20(19-5-6-19)17-40-27-8-7-22(36-23-9-10-31(32,33)15-23)14-26(27)37-30(40)38-28(21)41/h7-8,12-14,16,19-20,23,36H,3-6,9-11,15,17H2,1-2H3,(H,37,38,41). The van der Waals surface area contributed by atoms with E-state index in [-0.39, 0.29) is 24.8 Å². The summed E-state index contributed by atoms with van der Waals surface area (Å²) < 4.78 is 37.6. The fourth-order valence-electron chi connectivity index (χ4n) is 6.49. The van der Waals surface area contributed by atoms with Gasteiger partial charge in [0.25, 0.3) is 5.91 Å². The predicted molar refractivity (Wildman–Crippen MR) is 156 cm³/mol. The fraction of sp³-hybridized carbons (Fsp3) is 0.484. The number of alkyl halides is 2. The van der Waals surface area contributed by atoms with E-state index in [4.69, 9.17) is 9.72 Å². The molecule has 0 radical (unpaired) electrons. The Kier molecular flexibility index (Phi) is 6.62. The highest BCUT2D eigenvalue weighted by atomic mass is 19.3. The van der Waals surface area contributed by atoms with Gasteiger partial charge in [0, 0.05) is 49.4 Å². The number of ether oxygens (including phenoxy) is 1. The molecule has 0 spiro atoms.